The van der Waals surface area contributed by atoms with Crippen LogP contribution in [0.1, 0.15) is 12.8 Å². The van der Waals surface area contributed by atoms with Gasteiger partial charge in [0.2, 0.25) is 0 Å². The van der Waals surface area contributed by atoms with Crippen LogP contribution in [0.2, 0.25) is 0 Å². The molecule has 0 atom stereocenters. The van der Waals surface area contributed by atoms with E-state index >= 15 is 0 Å². The van der Waals surface area contributed by atoms with E-state index in [-0.39, 0.29) is 12.7 Å². The Morgan fingerprint density at radius 3 is 2.70 bits per heavy atom. The summed E-state index contributed by atoms with van der Waals surface area (Å²) in [5, 5.41) is 8.21. The summed E-state index contributed by atoms with van der Waals surface area (Å²) in [5.41, 5.74) is 0. The van der Waals surface area contributed by atoms with Gasteiger partial charge in [-0.2, -0.15) is 0 Å². The standard InChI is InChI=1S/C6H9BrO3/c7-4-1-5(2-4)10-3-6(8)9/h4-5H,1-3H2,(H,8,9). The Labute approximate surface area is 67.5 Å². The van der Waals surface area contributed by atoms with Crippen molar-refractivity contribution in [3.8, 4) is 0 Å². The summed E-state index contributed by atoms with van der Waals surface area (Å²) in [5.74, 6) is -0.891. The lowest BCUT2D eigenvalue weighted by molar-refractivity contribution is -0.145. The summed E-state index contributed by atoms with van der Waals surface area (Å²) in [4.78, 5) is 10.5. The normalized spacial score (nSPS) is 31.3. The summed E-state index contributed by atoms with van der Waals surface area (Å²) in [6, 6.07) is 0. The largest absolute Gasteiger partial charge is 0.480 e. The third-order valence-corrected chi connectivity index (χ3v) is 2.23. The average molecular weight is 209 g/mol. The van der Waals surface area contributed by atoms with E-state index in [0.29, 0.717) is 4.83 Å². The van der Waals surface area contributed by atoms with Crippen LogP contribution in [0.15, 0.2) is 0 Å². The smallest absolute Gasteiger partial charge is 0.329 e. The number of carboxylic acid groups (broad SMARTS) is 1. The Hall–Kier alpha value is -0.0900. The fourth-order valence-corrected chi connectivity index (χ4v) is 1.66. The second-order valence-corrected chi connectivity index (χ2v) is 3.69. The second kappa shape index (κ2) is 3.34. The number of hydrogen-bond acceptors (Lipinski definition) is 2. The SMILES string of the molecule is O=C(O)COC1CC(Br)C1. The second-order valence-electron chi connectivity index (χ2n) is 2.40. The van der Waals surface area contributed by atoms with Gasteiger partial charge >= 0.3 is 5.97 Å². The van der Waals surface area contributed by atoms with Crippen molar-refractivity contribution in [2.45, 2.75) is 23.8 Å². The molecule has 10 heavy (non-hydrogen) atoms. The molecule has 1 saturated carbocycles. The highest BCUT2D eigenvalue weighted by atomic mass is 79.9. The van der Waals surface area contributed by atoms with E-state index in [1.807, 2.05) is 0 Å². The fourth-order valence-electron chi connectivity index (χ4n) is 0.827. The summed E-state index contributed by atoms with van der Waals surface area (Å²) in [7, 11) is 0. The number of rotatable bonds is 3. The van der Waals surface area contributed by atoms with Crippen LogP contribution < -0.4 is 0 Å². The van der Waals surface area contributed by atoms with Crippen LogP contribution in [0, 0.1) is 0 Å². The third kappa shape index (κ3) is 2.27. The van der Waals surface area contributed by atoms with Crippen molar-refractivity contribution in [1.82, 2.24) is 0 Å². The van der Waals surface area contributed by atoms with Crippen molar-refractivity contribution in [3.05, 3.63) is 0 Å². The molecule has 0 saturated heterocycles. The molecule has 1 rings (SSSR count). The first-order valence-electron chi connectivity index (χ1n) is 3.16. The first kappa shape index (κ1) is 8.01. The maximum atomic E-state index is 9.99. The number of aliphatic carboxylic acids is 1. The molecule has 0 heterocycles. The zero-order valence-electron chi connectivity index (χ0n) is 5.42. The minimum Gasteiger partial charge on any atom is -0.480 e. The van der Waals surface area contributed by atoms with E-state index in [1.54, 1.807) is 0 Å². The number of ether oxygens (including phenoxy) is 1. The van der Waals surface area contributed by atoms with Gasteiger partial charge in [0, 0.05) is 4.83 Å². The topological polar surface area (TPSA) is 46.5 Å². The van der Waals surface area contributed by atoms with Crippen molar-refractivity contribution in [3.63, 3.8) is 0 Å². The predicted molar refractivity (Wildman–Crippen MR) is 39.3 cm³/mol. The Morgan fingerprint density at radius 1 is 1.70 bits per heavy atom. The molecule has 4 heteroatoms. The van der Waals surface area contributed by atoms with Gasteiger partial charge in [-0.1, -0.05) is 15.9 Å². The fraction of sp³-hybridized carbons (Fsp3) is 0.833. The highest BCUT2D eigenvalue weighted by Crippen LogP contribution is 2.29. The number of hydrogen-bond donors (Lipinski definition) is 1. The number of alkyl halides is 1. The molecule has 1 N–H and O–H groups in total. The molecule has 0 radical (unpaired) electrons. The number of carboxylic acids is 1. The molecule has 1 fully saturated rings. The highest BCUT2D eigenvalue weighted by Gasteiger charge is 2.27. The van der Waals surface area contributed by atoms with Crippen LogP contribution >= 0.6 is 15.9 Å². The first-order valence-corrected chi connectivity index (χ1v) is 4.07. The monoisotopic (exact) mass is 208 g/mol. The van der Waals surface area contributed by atoms with Crippen molar-refractivity contribution >= 4 is 21.9 Å². The Kier molecular flexibility index (Phi) is 2.68. The quantitative estimate of drug-likeness (QED) is 0.705. The van der Waals surface area contributed by atoms with Gasteiger partial charge in [0.15, 0.2) is 0 Å². The molecule has 0 unspecified atom stereocenters. The molecule has 0 bridgehead atoms. The Balaban J connectivity index is 2.00. The molecule has 58 valence electrons. The van der Waals surface area contributed by atoms with Crippen molar-refractivity contribution < 1.29 is 14.6 Å². The van der Waals surface area contributed by atoms with Crippen LogP contribution in [0.25, 0.3) is 0 Å². The maximum Gasteiger partial charge on any atom is 0.329 e. The molecule has 1 aliphatic carbocycles. The van der Waals surface area contributed by atoms with Crippen LogP contribution in [0.3, 0.4) is 0 Å². The van der Waals surface area contributed by atoms with Gasteiger partial charge in [0.25, 0.3) is 0 Å². The minimum absolute atomic E-state index is 0.162. The average Bonchev–Trinajstić information content (AvgIpc) is 1.77. The van der Waals surface area contributed by atoms with Gasteiger partial charge < -0.3 is 9.84 Å². The van der Waals surface area contributed by atoms with Gasteiger partial charge in [0.05, 0.1) is 6.10 Å². The van der Waals surface area contributed by atoms with E-state index in [4.69, 9.17) is 9.84 Å². The molecule has 0 amide bonds. The van der Waals surface area contributed by atoms with Gasteiger partial charge in [-0.15, -0.1) is 0 Å². The van der Waals surface area contributed by atoms with Crippen LogP contribution in [-0.4, -0.2) is 28.6 Å². The third-order valence-electron chi connectivity index (χ3n) is 1.48. The highest BCUT2D eigenvalue weighted by molar-refractivity contribution is 9.09. The molecule has 0 aromatic rings. The Bertz CT molecular complexity index is 131. The predicted octanol–water partition coefficient (Wildman–Crippen LogP) is 1.01. The van der Waals surface area contributed by atoms with Crippen molar-refractivity contribution in [2.24, 2.45) is 0 Å². The van der Waals surface area contributed by atoms with Crippen molar-refractivity contribution in [2.75, 3.05) is 6.61 Å². The zero-order chi connectivity index (χ0) is 7.56. The maximum absolute atomic E-state index is 9.99. The summed E-state index contributed by atoms with van der Waals surface area (Å²) in [6.45, 7) is -0.162. The summed E-state index contributed by atoms with van der Waals surface area (Å²) in [6.07, 6.45) is 2.04. The molecule has 0 aromatic heterocycles. The van der Waals surface area contributed by atoms with Crippen LogP contribution in [-0.2, 0) is 9.53 Å². The molecule has 0 aliphatic heterocycles. The van der Waals surface area contributed by atoms with Crippen LogP contribution in [0.5, 0.6) is 0 Å². The molecule has 3 nitrogen and oxygen atoms in total. The zero-order valence-corrected chi connectivity index (χ0v) is 7.00. The number of carbonyl (C=O) groups is 1. The molecule has 0 aromatic carbocycles. The van der Waals surface area contributed by atoms with Crippen LogP contribution in [0.4, 0.5) is 0 Å². The summed E-state index contributed by atoms with van der Waals surface area (Å²) < 4.78 is 4.98. The van der Waals surface area contributed by atoms with Gasteiger partial charge in [-0.25, -0.2) is 4.79 Å². The molecule has 0 spiro atoms. The molecular formula is C6H9BrO3. The minimum atomic E-state index is -0.891. The van der Waals surface area contributed by atoms with Gasteiger partial charge in [0.1, 0.15) is 6.61 Å². The van der Waals surface area contributed by atoms with E-state index in [1.165, 1.54) is 0 Å². The molecular weight excluding hydrogens is 200 g/mol. The van der Waals surface area contributed by atoms with Crippen molar-refractivity contribution in [1.29, 1.82) is 0 Å². The number of halogens is 1. The van der Waals surface area contributed by atoms with Gasteiger partial charge in [-0.3, -0.25) is 0 Å². The molecule has 1 aliphatic rings. The lowest BCUT2D eigenvalue weighted by atomic mass is 9.96. The Morgan fingerprint density at radius 2 is 2.30 bits per heavy atom. The first-order chi connectivity index (χ1) is 4.68. The lowest BCUT2D eigenvalue weighted by Crippen LogP contribution is -2.33. The van der Waals surface area contributed by atoms with E-state index in [2.05, 4.69) is 15.9 Å². The van der Waals surface area contributed by atoms with Gasteiger partial charge in [-0.05, 0) is 12.8 Å². The van der Waals surface area contributed by atoms with E-state index < -0.39 is 5.97 Å². The van der Waals surface area contributed by atoms with E-state index in [9.17, 15) is 4.79 Å². The van der Waals surface area contributed by atoms with E-state index in [0.717, 1.165) is 12.8 Å². The lowest BCUT2D eigenvalue weighted by Gasteiger charge is -2.30. The summed E-state index contributed by atoms with van der Waals surface area (Å²) >= 11 is 3.38.